The molecule has 2 aromatic rings. The molecule has 0 atom stereocenters. The van der Waals surface area contributed by atoms with Crippen LogP contribution in [0.2, 0.25) is 5.02 Å². The lowest BCUT2D eigenvalue weighted by molar-refractivity contribution is -0.111. The molecule has 1 N–H and O–H groups in total. The summed E-state index contributed by atoms with van der Waals surface area (Å²) in [5.74, 6) is 1.40. The fourth-order valence-corrected chi connectivity index (χ4v) is 2.38. The number of amides is 1. The Bertz CT molecular complexity index is 757. The van der Waals surface area contributed by atoms with Crippen LogP contribution in [-0.4, -0.2) is 26.7 Å². The van der Waals surface area contributed by atoms with Crippen LogP contribution in [0.15, 0.2) is 42.5 Å². The number of halogens is 1. The zero-order valence-electron chi connectivity index (χ0n) is 14.3. The van der Waals surface area contributed by atoms with E-state index >= 15 is 0 Å². The Kier molecular flexibility index (Phi) is 6.71. The standard InChI is InChI=1S/C19H20ClNO4/c1-4-25-14-8-5-13(6-9-14)7-10-19(22)21-16-12-17(23-2)15(20)11-18(16)24-3/h5-12H,4H2,1-3H3,(H,21,22)/b10-7+. The van der Waals surface area contributed by atoms with Crippen LogP contribution in [0.25, 0.3) is 6.08 Å². The highest BCUT2D eigenvalue weighted by atomic mass is 35.5. The molecule has 25 heavy (non-hydrogen) atoms. The zero-order valence-corrected chi connectivity index (χ0v) is 15.1. The van der Waals surface area contributed by atoms with E-state index in [0.29, 0.717) is 28.8 Å². The first-order chi connectivity index (χ1) is 12.1. The number of nitrogens with one attached hydrogen (secondary N) is 1. The molecule has 132 valence electrons. The maximum absolute atomic E-state index is 12.2. The second-order valence-electron chi connectivity index (χ2n) is 5.01. The van der Waals surface area contributed by atoms with Gasteiger partial charge in [0.05, 0.1) is 31.5 Å². The maximum Gasteiger partial charge on any atom is 0.248 e. The minimum Gasteiger partial charge on any atom is -0.495 e. The molecule has 0 radical (unpaired) electrons. The highest BCUT2D eigenvalue weighted by Gasteiger charge is 2.11. The molecule has 0 saturated carbocycles. The number of rotatable bonds is 7. The molecule has 6 heteroatoms. The largest absolute Gasteiger partial charge is 0.495 e. The number of ether oxygens (including phenoxy) is 3. The smallest absolute Gasteiger partial charge is 0.248 e. The van der Waals surface area contributed by atoms with Gasteiger partial charge in [0.15, 0.2) is 0 Å². The molecule has 1 amide bonds. The van der Waals surface area contributed by atoms with Gasteiger partial charge in [-0.15, -0.1) is 0 Å². The predicted molar refractivity (Wildman–Crippen MR) is 99.8 cm³/mol. The summed E-state index contributed by atoms with van der Waals surface area (Å²) in [4.78, 5) is 12.2. The van der Waals surface area contributed by atoms with Crippen LogP contribution < -0.4 is 19.5 Å². The van der Waals surface area contributed by atoms with Crippen LogP contribution in [0, 0.1) is 0 Å². The number of carbonyl (C=O) groups is 1. The molecule has 0 spiro atoms. The van der Waals surface area contributed by atoms with Crippen molar-refractivity contribution in [2.75, 3.05) is 26.1 Å². The average molecular weight is 362 g/mol. The number of carbonyl (C=O) groups excluding carboxylic acids is 1. The van der Waals surface area contributed by atoms with Gasteiger partial charge in [0.2, 0.25) is 5.91 Å². The van der Waals surface area contributed by atoms with Gasteiger partial charge in [0, 0.05) is 18.2 Å². The van der Waals surface area contributed by atoms with Crippen molar-refractivity contribution in [3.05, 3.63) is 53.1 Å². The molecule has 0 aliphatic heterocycles. The first kappa shape index (κ1) is 18.7. The van der Waals surface area contributed by atoms with Crippen LogP contribution in [0.1, 0.15) is 12.5 Å². The van der Waals surface area contributed by atoms with E-state index in [1.807, 2.05) is 31.2 Å². The Morgan fingerprint density at radius 2 is 1.80 bits per heavy atom. The number of anilines is 1. The molecular formula is C19H20ClNO4. The van der Waals surface area contributed by atoms with E-state index in [1.165, 1.54) is 20.3 Å². The molecule has 2 aromatic carbocycles. The fraction of sp³-hybridized carbons (Fsp3) is 0.211. The van der Waals surface area contributed by atoms with Crippen molar-refractivity contribution in [2.45, 2.75) is 6.92 Å². The van der Waals surface area contributed by atoms with E-state index in [9.17, 15) is 4.79 Å². The summed E-state index contributed by atoms with van der Waals surface area (Å²) in [6.45, 7) is 2.54. The van der Waals surface area contributed by atoms with Crippen LogP contribution >= 0.6 is 11.6 Å². The quantitative estimate of drug-likeness (QED) is 0.742. The van der Waals surface area contributed by atoms with Gasteiger partial charge in [-0.2, -0.15) is 0 Å². The zero-order chi connectivity index (χ0) is 18.2. The van der Waals surface area contributed by atoms with Gasteiger partial charge in [-0.25, -0.2) is 0 Å². The van der Waals surface area contributed by atoms with E-state index in [1.54, 1.807) is 18.2 Å². The monoisotopic (exact) mass is 361 g/mol. The summed E-state index contributed by atoms with van der Waals surface area (Å²) in [6, 6.07) is 10.7. The Morgan fingerprint density at radius 3 is 2.40 bits per heavy atom. The predicted octanol–water partition coefficient (Wildman–Crippen LogP) is 4.41. The highest BCUT2D eigenvalue weighted by molar-refractivity contribution is 6.32. The van der Waals surface area contributed by atoms with Crippen molar-refractivity contribution in [3.8, 4) is 17.2 Å². The van der Waals surface area contributed by atoms with Crippen molar-refractivity contribution in [1.82, 2.24) is 0 Å². The van der Waals surface area contributed by atoms with Crippen molar-refractivity contribution in [1.29, 1.82) is 0 Å². The lowest BCUT2D eigenvalue weighted by Gasteiger charge is -2.12. The van der Waals surface area contributed by atoms with Gasteiger partial charge < -0.3 is 19.5 Å². The van der Waals surface area contributed by atoms with Crippen LogP contribution in [0.4, 0.5) is 5.69 Å². The normalized spacial score (nSPS) is 10.6. The molecular weight excluding hydrogens is 342 g/mol. The summed E-state index contributed by atoms with van der Waals surface area (Å²) in [6.07, 6.45) is 3.15. The van der Waals surface area contributed by atoms with Gasteiger partial charge in [0.1, 0.15) is 17.2 Å². The molecule has 0 unspecified atom stereocenters. The van der Waals surface area contributed by atoms with E-state index in [0.717, 1.165) is 11.3 Å². The second kappa shape index (κ2) is 8.99. The van der Waals surface area contributed by atoms with E-state index in [2.05, 4.69) is 5.32 Å². The fourth-order valence-electron chi connectivity index (χ4n) is 2.15. The lowest BCUT2D eigenvalue weighted by atomic mass is 10.2. The van der Waals surface area contributed by atoms with Crippen LogP contribution in [0.3, 0.4) is 0 Å². The van der Waals surface area contributed by atoms with E-state index in [4.69, 9.17) is 25.8 Å². The first-order valence-corrected chi connectivity index (χ1v) is 8.08. The molecule has 0 fully saturated rings. The Balaban J connectivity index is 2.09. The SMILES string of the molecule is CCOc1ccc(/C=C/C(=O)Nc2cc(OC)c(Cl)cc2OC)cc1. The summed E-state index contributed by atoms with van der Waals surface area (Å²) in [5, 5.41) is 3.16. The summed E-state index contributed by atoms with van der Waals surface area (Å²) < 4.78 is 15.8. The third kappa shape index (κ3) is 5.16. The molecule has 0 bridgehead atoms. The minimum absolute atomic E-state index is 0.295. The molecule has 0 saturated heterocycles. The summed E-state index contributed by atoms with van der Waals surface area (Å²) in [5.41, 5.74) is 1.37. The topological polar surface area (TPSA) is 56.8 Å². The molecule has 0 heterocycles. The van der Waals surface area contributed by atoms with Gasteiger partial charge >= 0.3 is 0 Å². The van der Waals surface area contributed by atoms with Crippen molar-refractivity contribution in [2.24, 2.45) is 0 Å². The third-order valence-corrected chi connectivity index (χ3v) is 3.65. The van der Waals surface area contributed by atoms with Crippen molar-refractivity contribution < 1.29 is 19.0 Å². The first-order valence-electron chi connectivity index (χ1n) is 7.70. The van der Waals surface area contributed by atoms with Crippen molar-refractivity contribution >= 4 is 29.3 Å². The van der Waals surface area contributed by atoms with Gasteiger partial charge in [-0.1, -0.05) is 23.7 Å². The highest BCUT2D eigenvalue weighted by Crippen LogP contribution is 2.35. The molecule has 0 aromatic heterocycles. The van der Waals surface area contributed by atoms with Gasteiger partial charge in [-0.05, 0) is 30.7 Å². The number of hydrogen-bond donors (Lipinski definition) is 1. The molecule has 0 aliphatic carbocycles. The van der Waals surface area contributed by atoms with Crippen LogP contribution in [-0.2, 0) is 4.79 Å². The van der Waals surface area contributed by atoms with Gasteiger partial charge in [-0.3, -0.25) is 4.79 Å². The summed E-state index contributed by atoms with van der Waals surface area (Å²) in [7, 11) is 3.01. The second-order valence-corrected chi connectivity index (χ2v) is 5.42. The molecule has 5 nitrogen and oxygen atoms in total. The maximum atomic E-state index is 12.2. The Hall–Kier alpha value is -2.66. The molecule has 2 rings (SSSR count). The summed E-state index contributed by atoms with van der Waals surface area (Å²) >= 11 is 6.05. The Labute approximate surface area is 152 Å². The van der Waals surface area contributed by atoms with E-state index < -0.39 is 0 Å². The third-order valence-electron chi connectivity index (χ3n) is 3.35. The lowest BCUT2D eigenvalue weighted by Crippen LogP contribution is -2.09. The number of hydrogen-bond acceptors (Lipinski definition) is 4. The molecule has 0 aliphatic rings. The Morgan fingerprint density at radius 1 is 1.12 bits per heavy atom. The van der Waals surface area contributed by atoms with Crippen molar-refractivity contribution in [3.63, 3.8) is 0 Å². The van der Waals surface area contributed by atoms with Crippen LogP contribution in [0.5, 0.6) is 17.2 Å². The van der Waals surface area contributed by atoms with E-state index in [-0.39, 0.29) is 5.91 Å². The minimum atomic E-state index is -0.295. The average Bonchev–Trinajstić information content (AvgIpc) is 2.62. The number of methoxy groups -OCH3 is 2. The number of benzene rings is 2. The van der Waals surface area contributed by atoms with Gasteiger partial charge in [0.25, 0.3) is 0 Å².